The molecule has 0 aliphatic rings. The summed E-state index contributed by atoms with van der Waals surface area (Å²) in [4.78, 5) is 10.6. The fourth-order valence-electron chi connectivity index (χ4n) is 0.600. The van der Waals surface area contributed by atoms with Crippen molar-refractivity contribution in [3.8, 4) is 0 Å². The fraction of sp³-hybridized carbons (Fsp3) is 0.444. The molecule has 0 atom stereocenters. The van der Waals surface area contributed by atoms with Crippen LogP contribution in [-0.4, -0.2) is 13.1 Å². The van der Waals surface area contributed by atoms with E-state index >= 15 is 0 Å². The van der Waals surface area contributed by atoms with Crippen molar-refractivity contribution in [3.05, 3.63) is 23.3 Å². The van der Waals surface area contributed by atoms with Crippen LogP contribution in [-0.2, 0) is 9.53 Å². The largest absolute Gasteiger partial charge is 0.469 e. The van der Waals surface area contributed by atoms with Crippen LogP contribution >= 0.6 is 11.6 Å². The van der Waals surface area contributed by atoms with Gasteiger partial charge < -0.3 is 4.74 Å². The van der Waals surface area contributed by atoms with Crippen LogP contribution in [0.5, 0.6) is 0 Å². The Labute approximate surface area is 77.9 Å². The third kappa shape index (κ3) is 7.35. The molecule has 0 heterocycles. The summed E-state index contributed by atoms with van der Waals surface area (Å²) < 4.78 is 4.46. The van der Waals surface area contributed by atoms with Gasteiger partial charge in [0.05, 0.1) is 7.11 Å². The zero-order valence-electron chi connectivity index (χ0n) is 7.34. The van der Waals surface area contributed by atoms with E-state index in [4.69, 9.17) is 11.6 Å². The Hall–Kier alpha value is -0.760. The molecule has 0 aromatic carbocycles. The highest BCUT2D eigenvalue weighted by atomic mass is 35.5. The first kappa shape index (κ1) is 11.2. The topological polar surface area (TPSA) is 26.3 Å². The van der Waals surface area contributed by atoms with Crippen LogP contribution in [0.2, 0.25) is 0 Å². The normalized spacial score (nSPS) is 12.1. The van der Waals surface area contributed by atoms with Crippen molar-refractivity contribution in [2.45, 2.75) is 19.8 Å². The molecule has 0 saturated carbocycles. The van der Waals surface area contributed by atoms with Crippen LogP contribution in [0.25, 0.3) is 0 Å². The Morgan fingerprint density at radius 3 is 2.75 bits per heavy atom. The van der Waals surface area contributed by atoms with Gasteiger partial charge >= 0.3 is 5.97 Å². The second-order valence-corrected chi connectivity index (χ2v) is 2.89. The van der Waals surface area contributed by atoms with E-state index in [1.54, 1.807) is 13.0 Å². The summed E-state index contributed by atoms with van der Waals surface area (Å²) in [6, 6.07) is 0. The van der Waals surface area contributed by atoms with Crippen LogP contribution in [0.3, 0.4) is 0 Å². The lowest BCUT2D eigenvalue weighted by atomic mass is 10.3. The first-order valence-corrected chi connectivity index (χ1v) is 4.10. The van der Waals surface area contributed by atoms with Gasteiger partial charge in [-0.05, 0) is 19.4 Å². The maximum atomic E-state index is 10.6. The highest BCUT2D eigenvalue weighted by Crippen LogP contribution is 1.99. The molecule has 12 heavy (non-hydrogen) atoms. The number of hydrogen-bond acceptors (Lipinski definition) is 2. The van der Waals surface area contributed by atoms with Gasteiger partial charge in [0, 0.05) is 11.5 Å². The molecule has 0 unspecified atom stereocenters. The number of esters is 1. The third-order valence-corrected chi connectivity index (χ3v) is 1.33. The number of allylic oxidation sites excluding steroid dienone is 4. The fourth-order valence-corrected chi connectivity index (χ4v) is 0.673. The molecule has 0 rings (SSSR count). The average molecular weight is 189 g/mol. The molecule has 0 amide bonds. The number of carbonyl (C=O) groups is 1. The molecule has 68 valence electrons. The summed E-state index contributed by atoms with van der Waals surface area (Å²) in [5.74, 6) is -0.189. The molecule has 0 saturated heterocycles. The minimum absolute atomic E-state index is 0.189. The highest BCUT2D eigenvalue weighted by molar-refractivity contribution is 6.29. The number of carbonyl (C=O) groups excluding carboxylic acids is 1. The van der Waals surface area contributed by atoms with Crippen molar-refractivity contribution in [1.29, 1.82) is 0 Å². The molecule has 0 aliphatic heterocycles. The maximum absolute atomic E-state index is 10.6. The van der Waals surface area contributed by atoms with Gasteiger partial charge in [-0.15, -0.1) is 0 Å². The summed E-state index contributed by atoms with van der Waals surface area (Å²) in [7, 11) is 1.38. The number of halogens is 1. The molecule has 0 bridgehead atoms. The van der Waals surface area contributed by atoms with E-state index in [2.05, 4.69) is 4.74 Å². The van der Waals surface area contributed by atoms with Crippen molar-refractivity contribution in [3.63, 3.8) is 0 Å². The predicted molar refractivity (Wildman–Crippen MR) is 50.0 cm³/mol. The van der Waals surface area contributed by atoms with E-state index in [0.29, 0.717) is 12.8 Å². The predicted octanol–water partition coefficient (Wildman–Crippen LogP) is 2.64. The lowest BCUT2D eigenvalue weighted by Gasteiger charge is -1.92. The van der Waals surface area contributed by atoms with Gasteiger partial charge in [-0.25, -0.2) is 0 Å². The summed E-state index contributed by atoms with van der Waals surface area (Å²) in [6.45, 7) is 1.80. The smallest absolute Gasteiger partial charge is 0.305 e. The van der Waals surface area contributed by atoms with E-state index in [-0.39, 0.29) is 5.97 Å². The quantitative estimate of drug-likeness (QED) is 0.501. The minimum Gasteiger partial charge on any atom is -0.469 e. The third-order valence-electron chi connectivity index (χ3n) is 1.20. The summed E-state index contributed by atoms with van der Waals surface area (Å²) in [5, 5.41) is 0.726. The molecule has 0 fully saturated rings. The van der Waals surface area contributed by atoms with E-state index in [1.807, 2.05) is 12.2 Å². The minimum atomic E-state index is -0.189. The summed E-state index contributed by atoms with van der Waals surface area (Å²) in [5.41, 5.74) is 0. The Kier molecular flexibility index (Phi) is 6.48. The molecule has 0 spiro atoms. The lowest BCUT2D eigenvalue weighted by molar-refractivity contribution is -0.140. The number of rotatable bonds is 4. The molecule has 0 N–H and O–H groups in total. The summed E-state index contributed by atoms with van der Waals surface area (Å²) in [6.07, 6.45) is 6.59. The number of methoxy groups -OCH3 is 1. The summed E-state index contributed by atoms with van der Waals surface area (Å²) >= 11 is 5.56. The second-order valence-electron chi connectivity index (χ2n) is 2.30. The Balaban J connectivity index is 3.49. The van der Waals surface area contributed by atoms with E-state index < -0.39 is 0 Å². The highest BCUT2D eigenvalue weighted by Gasteiger charge is 1.94. The van der Waals surface area contributed by atoms with Gasteiger partial charge in [-0.2, -0.15) is 0 Å². The second kappa shape index (κ2) is 6.92. The van der Waals surface area contributed by atoms with Gasteiger partial charge in [-0.1, -0.05) is 23.8 Å². The van der Waals surface area contributed by atoms with Crippen LogP contribution in [0, 0.1) is 0 Å². The van der Waals surface area contributed by atoms with Crippen molar-refractivity contribution in [2.24, 2.45) is 0 Å². The molecule has 0 radical (unpaired) electrons. The van der Waals surface area contributed by atoms with Gasteiger partial charge in [0.2, 0.25) is 0 Å². The first-order chi connectivity index (χ1) is 5.66. The Morgan fingerprint density at radius 2 is 2.25 bits per heavy atom. The molecule has 2 nitrogen and oxygen atoms in total. The number of hydrogen-bond donors (Lipinski definition) is 0. The molecular weight excluding hydrogens is 176 g/mol. The Morgan fingerprint density at radius 1 is 1.58 bits per heavy atom. The SMILES string of the molecule is COC(=O)CCC=CC=C(C)Cl. The zero-order chi connectivity index (χ0) is 9.40. The molecule has 0 aromatic rings. The Bertz CT molecular complexity index is 191. The monoisotopic (exact) mass is 188 g/mol. The van der Waals surface area contributed by atoms with Crippen LogP contribution < -0.4 is 0 Å². The van der Waals surface area contributed by atoms with Crippen LogP contribution in [0.4, 0.5) is 0 Å². The maximum Gasteiger partial charge on any atom is 0.305 e. The van der Waals surface area contributed by atoms with E-state index in [0.717, 1.165) is 5.03 Å². The van der Waals surface area contributed by atoms with Crippen molar-refractivity contribution in [1.82, 2.24) is 0 Å². The molecular formula is C9H13ClO2. The van der Waals surface area contributed by atoms with Crippen molar-refractivity contribution in [2.75, 3.05) is 7.11 Å². The van der Waals surface area contributed by atoms with Crippen molar-refractivity contribution < 1.29 is 9.53 Å². The first-order valence-electron chi connectivity index (χ1n) is 3.72. The van der Waals surface area contributed by atoms with Crippen molar-refractivity contribution >= 4 is 17.6 Å². The number of ether oxygens (including phenoxy) is 1. The molecule has 3 heteroatoms. The zero-order valence-corrected chi connectivity index (χ0v) is 8.10. The average Bonchev–Trinajstić information content (AvgIpc) is 2.03. The lowest BCUT2D eigenvalue weighted by Crippen LogP contribution is -1.97. The molecule has 0 aliphatic carbocycles. The van der Waals surface area contributed by atoms with Gasteiger partial charge in [0.1, 0.15) is 0 Å². The van der Waals surface area contributed by atoms with Gasteiger partial charge in [0.15, 0.2) is 0 Å². The van der Waals surface area contributed by atoms with Crippen LogP contribution in [0.15, 0.2) is 23.3 Å². The van der Waals surface area contributed by atoms with Gasteiger partial charge in [0.25, 0.3) is 0 Å². The van der Waals surface area contributed by atoms with Gasteiger partial charge in [-0.3, -0.25) is 4.79 Å². The van der Waals surface area contributed by atoms with E-state index in [9.17, 15) is 4.79 Å². The molecule has 0 aromatic heterocycles. The standard InChI is InChI=1S/C9H13ClO2/c1-8(10)6-4-3-5-7-9(11)12-2/h3-4,6H,5,7H2,1-2H3. The van der Waals surface area contributed by atoms with E-state index in [1.165, 1.54) is 7.11 Å². The van der Waals surface area contributed by atoms with Crippen LogP contribution in [0.1, 0.15) is 19.8 Å².